The van der Waals surface area contributed by atoms with E-state index in [1.54, 1.807) is 6.92 Å². The maximum atomic E-state index is 11.5. The molecule has 0 unspecified atom stereocenters. The third-order valence-corrected chi connectivity index (χ3v) is 3.98. The zero-order valence-electron chi connectivity index (χ0n) is 8.76. The highest BCUT2D eigenvalue weighted by molar-refractivity contribution is 7.89. The molecule has 0 radical (unpaired) electrons. The first kappa shape index (κ1) is 12.4. The molecular formula is C8H15NO5S. The maximum absolute atomic E-state index is 11.5. The van der Waals surface area contributed by atoms with Crippen LogP contribution in [-0.4, -0.2) is 55.4 Å². The average molecular weight is 237 g/mol. The zero-order chi connectivity index (χ0) is 11.7. The number of hydrogen-bond acceptors (Lipinski definition) is 5. The van der Waals surface area contributed by atoms with Gasteiger partial charge in [0.2, 0.25) is 10.0 Å². The van der Waals surface area contributed by atoms with Crippen LogP contribution in [0.4, 0.5) is 0 Å². The van der Waals surface area contributed by atoms with Crippen molar-refractivity contribution < 1.29 is 23.1 Å². The minimum Gasteiger partial charge on any atom is -0.469 e. The van der Waals surface area contributed by atoms with Gasteiger partial charge in [0, 0.05) is 13.1 Å². The fourth-order valence-corrected chi connectivity index (χ4v) is 2.99. The van der Waals surface area contributed by atoms with Crippen molar-refractivity contribution in [2.45, 2.75) is 18.9 Å². The summed E-state index contributed by atoms with van der Waals surface area (Å²) in [7, 11) is -2.22. The van der Waals surface area contributed by atoms with E-state index in [2.05, 4.69) is 4.74 Å². The van der Waals surface area contributed by atoms with E-state index in [1.807, 2.05) is 0 Å². The van der Waals surface area contributed by atoms with Crippen molar-refractivity contribution in [3.63, 3.8) is 0 Å². The van der Waals surface area contributed by atoms with Gasteiger partial charge in [-0.3, -0.25) is 4.79 Å². The molecule has 1 aliphatic rings. The molecule has 1 aliphatic heterocycles. The summed E-state index contributed by atoms with van der Waals surface area (Å²) < 4.78 is 28.6. The molecule has 1 N–H and O–H groups in total. The van der Waals surface area contributed by atoms with Crippen molar-refractivity contribution in [3.8, 4) is 0 Å². The summed E-state index contributed by atoms with van der Waals surface area (Å²) >= 11 is 0. The Morgan fingerprint density at radius 1 is 1.53 bits per heavy atom. The van der Waals surface area contributed by atoms with E-state index in [4.69, 9.17) is 0 Å². The van der Waals surface area contributed by atoms with Crippen LogP contribution in [0, 0.1) is 0 Å². The van der Waals surface area contributed by atoms with Gasteiger partial charge in [0.05, 0.1) is 24.9 Å². The van der Waals surface area contributed by atoms with Crippen molar-refractivity contribution in [2.75, 3.05) is 26.0 Å². The molecule has 0 spiro atoms. The van der Waals surface area contributed by atoms with Gasteiger partial charge in [-0.15, -0.1) is 0 Å². The number of sulfonamides is 1. The molecule has 1 heterocycles. The first-order valence-electron chi connectivity index (χ1n) is 4.54. The van der Waals surface area contributed by atoms with Crippen LogP contribution in [0.25, 0.3) is 0 Å². The lowest BCUT2D eigenvalue weighted by molar-refractivity contribution is -0.140. The number of hydrogen-bond donors (Lipinski definition) is 1. The van der Waals surface area contributed by atoms with Crippen molar-refractivity contribution in [1.29, 1.82) is 0 Å². The van der Waals surface area contributed by atoms with E-state index in [-0.39, 0.29) is 25.3 Å². The molecule has 88 valence electrons. The van der Waals surface area contributed by atoms with E-state index in [0.717, 1.165) is 4.31 Å². The minimum absolute atomic E-state index is 0.0938. The Hall–Kier alpha value is -0.660. The lowest BCUT2D eigenvalue weighted by atomic mass is 10.0. The molecule has 1 rings (SSSR count). The van der Waals surface area contributed by atoms with Crippen LogP contribution in [0.15, 0.2) is 0 Å². The molecule has 0 atom stereocenters. The first-order valence-corrected chi connectivity index (χ1v) is 6.15. The largest absolute Gasteiger partial charge is 0.469 e. The van der Waals surface area contributed by atoms with Crippen molar-refractivity contribution in [2.24, 2.45) is 0 Å². The molecule has 1 fully saturated rings. The van der Waals surface area contributed by atoms with E-state index in [0.29, 0.717) is 0 Å². The number of β-amino-alcohol motifs (C(OH)–C–C–N with tert-alkyl or cyclic N) is 1. The standard InChI is InChI=1S/C8H15NO5S/c1-8(11)5-9(6-8)15(12,13)4-3-7(10)14-2/h11H,3-6H2,1-2H3. The third-order valence-electron chi connectivity index (χ3n) is 2.22. The highest BCUT2D eigenvalue weighted by atomic mass is 32.2. The lowest BCUT2D eigenvalue weighted by Crippen LogP contribution is -2.62. The smallest absolute Gasteiger partial charge is 0.306 e. The van der Waals surface area contributed by atoms with E-state index >= 15 is 0 Å². The summed E-state index contributed by atoms with van der Waals surface area (Å²) in [5, 5.41) is 9.37. The van der Waals surface area contributed by atoms with Crippen LogP contribution in [0.2, 0.25) is 0 Å². The molecule has 0 aromatic rings. The van der Waals surface area contributed by atoms with Crippen LogP contribution in [-0.2, 0) is 19.6 Å². The van der Waals surface area contributed by atoms with Gasteiger partial charge in [-0.1, -0.05) is 0 Å². The van der Waals surface area contributed by atoms with Gasteiger partial charge in [0.1, 0.15) is 0 Å². The Kier molecular flexibility index (Phi) is 3.37. The molecule has 0 aliphatic carbocycles. The van der Waals surface area contributed by atoms with E-state index < -0.39 is 21.6 Å². The lowest BCUT2D eigenvalue weighted by Gasteiger charge is -2.42. The highest BCUT2D eigenvalue weighted by Crippen LogP contribution is 2.23. The van der Waals surface area contributed by atoms with Gasteiger partial charge in [0.25, 0.3) is 0 Å². The summed E-state index contributed by atoms with van der Waals surface area (Å²) in [6.45, 7) is 1.76. The number of rotatable bonds is 4. The predicted octanol–water partition coefficient (Wildman–Crippen LogP) is -1.05. The van der Waals surface area contributed by atoms with Gasteiger partial charge < -0.3 is 9.84 Å². The number of methoxy groups -OCH3 is 1. The molecule has 0 amide bonds. The van der Waals surface area contributed by atoms with Crippen LogP contribution < -0.4 is 0 Å². The number of nitrogens with zero attached hydrogens (tertiary/aromatic N) is 1. The molecule has 0 saturated carbocycles. The Morgan fingerprint density at radius 2 is 2.07 bits per heavy atom. The van der Waals surface area contributed by atoms with Crippen LogP contribution >= 0.6 is 0 Å². The number of aliphatic hydroxyl groups is 1. The van der Waals surface area contributed by atoms with Crippen LogP contribution in [0.1, 0.15) is 13.3 Å². The average Bonchev–Trinajstić information content (AvgIpc) is 2.10. The molecular weight excluding hydrogens is 222 g/mol. The summed E-state index contributed by atoms with van der Waals surface area (Å²) in [5.41, 5.74) is -0.932. The van der Waals surface area contributed by atoms with Gasteiger partial charge >= 0.3 is 5.97 Å². The molecule has 1 saturated heterocycles. The Labute approximate surface area is 88.9 Å². The normalized spacial score (nSPS) is 20.7. The molecule has 0 bridgehead atoms. The fraction of sp³-hybridized carbons (Fsp3) is 0.875. The Balaban J connectivity index is 2.44. The molecule has 6 nitrogen and oxygen atoms in total. The third kappa shape index (κ3) is 3.15. The van der Waals surface area contributed by atoms with Crippen molar-refractivity contribution in [1.82, 2.24) is 4.31 Å². The van der Waals surface area contributed by atoms with Crippen molar-refractivity contribution in [3.05, 3.63) is 0 Å². The fourth-order valence-electron chi connectivity index (χ4n) is 1.35. The summed E-state index contributed by atoms with van der Waals surface area (Å²) in [6, 6.07) is 0. The Morgan fingerprint density at radius 3 is 2.47 bits per heavy atom. The Bertz CT molecular complexity index is 340. The second-order valence-corrected chi connectivity index (χ2v) is 6.00. The van der Waals surface area contributed by atoms with E-state index in [9.17, 15) is 18.3 Å². The van der Waals surface area contributed by atoms with Gasteiger partial charge in [-0.05, 0) is 6.92 Å². The minimum atomic E-state index is -3.43. The molecule has 7 heteroatoms. The van der Waals surface area contributed by atoms with Gasteiger partial charge in [-0.25, -0.2) is 8.42 Å². The summed E-state index contributed by atoms with van der Waals surface area (Å²) in [6.07, 6.45) is -0.155. The van der Waals surface area contributed by atoms with Crippen molar-refractivity contribution >= 4 is 16.0 Å². The topological polar surface area (TPSA) is 83.9 Å². The number of carbonyl (C=O) groups excluding carboxylic acids is 1. The monoisotopic (exact) mass is 237 g/mol. The zero-order valence-corrected chi connectivity index (χ0v) is 9.58. The van der Waals surface area contributed by atoms with E-state index in [1.165, 1.54) is 7.11 Å². The van der Waals surface area contributed by atoms with Gasteiger partial charge in [-0.2, -0.15) is 4.31 Å². The number of esters is 1. The predicted molar refractivity (Wildman–Crippen MR) is 52.6 cm³/mol. The summed E-state index contributed by atoms with van der Waals surface area (Å²) in [5.74, 6) is -0.818. The quantitative estimate of drug-likeness (QED) is 0.630. The van der Waals surface area contributed by atoms with Crippen LogP contribution in [0.3, 0.4) is 0 Å². The maximum Gasteiger partial charge on any atom is 0.306 e. The molecule has 0 aromatic heterocycles. The molecule has 0 aromatic carbocycles. The molecule has 15 heavy (non-hydrogen) atoms. The van der Waals surface area contributed by atoms with Gasteiger partial charge in [0.15, 0.2) is 0 Å². The van der Waals surface area contributed by atoms with Crippen LogP contribution in [0.5, 0.6) is 0 Å². The highest BCUT2D eigenvalue weighted by Gasteiger charge is 2.43. The SMILES string of the molecule is COC(=O)CCS(=O)(=O)N1CC(C)(O)C1. The first-order chi connectivity index (χ1) is 6.77. The number of ether oxygens (including phenoxy) is 1. The summed E-state index contributed by atoms with van der Waals surface area (Å²) in [4.78, 5) is 10.8. The number of carbonyl (C=O) groups is 1. The second-order valence-electron chi connectivity index (χ2n) is 3.91. The second kappa shape index (κ2) is 4.07.